The average Bonchev–Trinajstić information content (AvgIpc) is 2.76. The van der Waals surface area contributed by atoms with E-state index in [4.69, 9.17) is 16.3 Å². The fraction of sp³-hybridized carbons (Fsp3) is 0.200. The first-order valence-electron chi connectivity index (χ1n) is 10.2. The van der Waals surface area contributed by atoms with Crippen LogP contribution in [0.2, 0.25) is 5.02 Å². The highest BCUT2D eigenvalue weighted by Gasteiger charge is 2.13. The van der Waals surface area contributed by atoms with E-state index in [1.165, 1.54) is 0 Å². The number of nitrogens with zero attached hydrogens (tertiary/aromatic N) is 1. The van der Waals surface area contributed by atoms with Crippen LogP contribution in [-0.2, 0) is 11.3 Å². The first kappa shape index (κ1) is 20.9. The molecule has 4 aromatic rings. The minimum absolute atomic E-state index is 0.0355. The first-order chi connectivity index (χ1) is 14.9. The number of pyridine rings is 1. The smallest absolute Gasteiger partial charge is 0.244 e. The van der Waals surface area contributed by atoms with Crippen LogP contribution in [0.3, 0.4) is 0 Å². The second kappa shape index (κ2) is 8.82. The number of rotatable bonds is 6. The molecule has 0 radical (unpaired) electrons. The van der Waals surface area contributed by atoms with Gasteiger partial charge in [0.25, 0.3) is 0 Å². The summed E-state index contributed by atoms with van der Waals surface area (Å²) in [6.45, 7) is 4.75. The van der Waals surface area contributed by atoms with Crippen molar-refractivity contribution in [2.75, 3.05) is 11.9 Å². The van der Waals surface area contributed by atoms with Crippen molar-refractivity contribution < 1.29 is 9.53 Å². The molecule has 0 saturated carbocycles. The van der Waals surface area contributed by atoms with Crippen LogP contribution in [0.5, 0.6) is 5.75 Å². The molecule has 5 nitrogen and oxygen atoms in total. The highest BCUT2D eigenvalue weighted by Crippen LogP contribution is 2.28. The summed E-state index contributed by atoms with van der Waals surface area (Å²) >= 11 is 6.31. The number of aromatic nitrogens is 1. The predicted molar refractivity (Wildman–Crippen MR) is 126 cm³/mol. The summed E-state index contributed by atoms with van der Waals surface area (Å²) in [6.07, 6.45) is 0. The fourth-order valence-electron chi connectivity index (χ4n) is 3.54. The maximum absolute atomic E-state index is 12.9. The van der Waals surface area contributed by atoms with Gasteiger partial charge in [0.1, 0.15) is 12.3 Å². The molecule has 6 heteroatoms. The maximum Gasteiger partial charge on any atom is 0.244 e. The number of anilines is 1. The molecule has 158 valence electrons. The molecule has 0 aliphatic heterocycles. The van der Waals surface area contributed by atoms with Crippen LogP contribution in [0, 0.1) is 5.92 Å². The minimum Gasteiger partial charge on any atom is -0.492 e. The first-order valence-corrected chi connectivity index (χ1v) is 10.5. The van der Waals surface area contributed by atoms with Gasteiger partial charge in [0.2, 0.25) is 5.91 Å². The molecule has 3 aromatic carbocycles. The lowest BCUT2D eigenvalue weighted by Crippen LogP contribution is -2.21. The third kappa shape index (κ3) is 4.42. The number of hydrogen-bond acceptors (Lipinski definition) is 3. The number of nitrogens with one attached hydrogen (secondary N) is 1. The van der Waals surface area contributed by atoms with Crippen LogP contribution in [-0.4, -0.2) is 17.1 Å². The van der Waals surface area contributed by atoms with Crippen LogP contribution in [0.15, 0.2) is 71.5 Å². The van der Waals surface area contributed by atoms with Crippen LogP contribution in [0.25, 0.3) is 21.8 Å². The Labute approximate surface area is 185 Å². The van der Waals surface area contributed by atoms with Gasteiger partial charge in [-0.05, 0) is 48.4 Å². The molecule has 4 rings (SSSR count). The Morgan fingerprint density at radius 3 is 2.19 bits per heavy atom. The number of carbonyl (C=O) groups is 1. The lowest BCUT2D eigenvalue weighted by Gasteiger charge is -2.15. The Balaban J connectivity index is 1.62. The molecule has 1 heterocycles. The van der Waals surface area contributed by atoms with Gasteiger partial charge in [-0.2, -0.15) is 0 Å². The van der Waals surface area contributed by atoms with Crippen molar-refractivity contribution >= 4 is 45.0 Å². The molecule has 0 unspecified atom stereocenters. The summed E-state index contributed by atoms with van der Waals surface area (Å²) in [5.74, 6) is 0.759. The zero-order chi connectivity index (χ0) is 22.0. The van der Waals surface area contributed by atoms with Gasteiger partial charge in [-0.15, -0.1) is 0 Å². The van der Waals surface area contributed by atoms with Gasteiger partial charge < -0.3 is 14.6 Å². The number of para-hydroxylation sites is 2. The summed E-state index contributed by atoms with van der Waals surface area (Å²) < 4.78 is 7.55. The van der Waals surface area contributed by atoms with Gasteiger partial charge >= 0.3 is 0 Å². The molecule has 1 N–H and O–H groups in total. The molecule has 0 fully saturated rings. The molecule has 1 amide bonds. The van der Waals surface area contributed by atoms with E-state index in [1.807, 2.05) is 41.0 Å². The lowest BCUT2D eigenvalue weighted by molar-refractivity contribution is -0.116. The van der Waals surface area contributed by atoms with Gasteiger partial charge in [0.15, 0.2) is 5.43 Å². The van der Waals surface area contributed by atoms with E-state index < -0.39 is 0 Å². The standard InChI is InChI=1S/C25H23ClN2O3/c1-16(2)15-31-23-12-11-17(13-20(23)26)27-24(29)14-28-21-9-5-3-7-18(21)25(30)19-8-4-6-10-22(19)28/h3-13,16H,14-15H2,1-2H3,(H,27,29). The van der Waals surface area contributed by atoms with E-state index in [0.29, 0.717) is 39.8 Å². The van der Waals surface area contributed by atoms with Crippen molar-refractivity contribution in [2.24, 2.45) is 5.92 Å². The SMILES string of the molecule is CC(C)COc1ccc(NC(=O)Cn2c3ccccc3c(=O)c3ccccc32)cc1Cl. The lowest BCUT2D eigenvalue weighted by atomic mass is 10.1. The summed E-state index contributed by atoms with van der Waals surface area (Å²) in [4.78, 5) is 25.7. The Bertz CT molecular complexity index is 1270. The molecule has 0 atom stereocenters. The quantitative estimate of drug-likeness (QED) is 0.408. The number of fused-ring (bicyclic) bond motifs is 2. The Morgan fingerprint density at radius 1 is 1.00 bits per heavy atom. The number of halogens is 1. The molecule has 0 aliphatic carbocycles. The van der Waals surface area contributed by atoms with Crippen molar-refractivity contribution in [3.05, 3.63) is 82.0 Å². The topological polar surface area (TPSA) is 60.3 Å². The molecule has 31 heavy (non-hydrogen) atoms. The van der Waals surface area contributed by atoms with Crippen molar-refractivity contribution in [1.29, 1.82) is 0 Å². The Kier molecular flexibility index (Phi) is 5.96. The minimum atomic E-state index is -0.217. The van der Waals surface area contributed by atoms with Crippen molar-refractivity contribution in [2.45, 2.75) is 20.4 Å². The summed E-state index contributed by atoms with van der Waals surface area (Å²) in [6, 6.07) is 19.9. The van der Waals surface area contributed by atoms with Crippen LogP contribution >= 0.6 is 11.6 Å². The molecule has 0 saturated heterocycles. The van der Waals surface area contributed by atoms with Crippen LogP contribution in [0.1, 0.15) is 13.8 Å². The third-order valence-electron chi connectivity index (χ3n) is 4.97. The van der Waals surface area contributed by atoms with E-state index in [-0.39, 0.29) is 17.9 Å². The zero-order valence-electron chi connectivity index (χ0n) is 17.4. The highest BCUT2D eigenvalue weighted by molar-refractivity contribution is 6.32. The van der Waals surface area contributed by atoms with Gasteiger partial charge in [-0.3, -0.25) is 9.59 Å². The molecule has 0 spiro atoms. The average molecular weight is 435 g/mol. The van der Waals surface area contributed by atoms with Crippen molar-refractivity contribution in [3.63, 3.8) is 0 Å². The Morgan fingerprint density at radius 2 is 1.61 bits per heavy atom. The second-order valence-corrected chi connectivity index (χ2v) is 8.25. The van der Waals surface area contributed by atoms with Crippen LogP contribution in [0.4, 0.5) is 5.69 Å². The number of amides is 1. The third-order valence-corrected chi connectivity index (χ3v) is 5.26. The number of ether oxygens (including phenoxy) is 1. The van der Waals surface area contributed by atoms with E-state index in [2.05, 4.69) is 19.2 Å². The Hall–Kier alpha value is -3.31. The summed E-state index contributed by atoms with van der Waals surface area (Å²) in [5, 5.41) is 4.51. The maximum atomic E-state index is 12.9. The second-order valence-electron chi connectivity index (χ2n) is 7.85. The normalized spacial score (nSPS) is 11.2. The van der Waals surface area contributed by atoms with E-state index in [1.54, 1.807) is 30.3 Å². The molecule has 0 bridgehead atoms. The molecular weight excluding hydrogens is 412 g/mol. The van der Waals surface area contributed by atoms with E-state index in [9.17, 15) is 9.59 Å². The predicted octanol–water partition coefficient (Wildman–Crippen LogP) is 5.48. The van der Waals surface area contributed by atoms with Crippen molar-refractivity contribution in [1.82, 2.24) is 4.57 Å². The monoisotopic (exact) mass is 434 g/mol. The van der Waals surface area contributed by atoms with Gasteiger partial charge in [0.05, 0.1) is 22.7 Å². The number of benzene rings is 3. The van der Waals surface area contributed by atoms with Gasteiger partial charge in [-0.1, -0.05) is 49.7 Å². The fourth-order valence-corrected chi connectivity index (χ4v) is 3.78. The number of carbonyl (C=O) groups excluding carboxylic acids is 1. The molecule has 0 aliphatic rings. The van der Waals surface area contributed by atoms with Gasteiger partial charge in [0, 0.05) is 16.5 Å². The largest absolute Gasteiger partial charge is 0.492 e. The molecular formula is C25H23ClN2O3. The number of hydrogen-bond donors (Lipinski definition) is 1. The van der Waals surface area contributed by atoms with Crippen molar-refractivity contribution in [3.8, 4) is 5.75 Å². The highest BCUT2D eigenvalue weighted by atomic mass is 35.5. The van der Waals surface area contributed by atoms with Gasteiger partial charge in [-0.25, -0.2) is 0 Å². The van der Waals surface area contributed by atoms with E-state index in [0.717, 1.165) is 11.0 Å². The summed E-state index contributed by atoms with van der Waals surface area (Å²) in [5.41, 5.74) is 1.99. The summed E-state index contributed by atoms with van der Waals surface area (Å²) in [7, 11) is 0. The zero-order valence-corrected chi connectivity index (χ0v) is 18.1. The van der Waals surface area contributed by atoms with Crippen LogP contribution < -0.4 is 15.5 Å². The molecule has 1 aromatic heterocycles. The van der Waals surface area contributed by atoms with E-state index >= 15 is 0 Å².